The lowest BCUT2D eigenvalue weighted by Gasteiger charge is -2.33. The fraction of sp³-hybridized carbons (Fsp3) is 0.261. The van der Waals surface area contributed by atoms with E-state index in [4.69, 9.17) is 0 Å². The Morgan fingerprint density at radius 2 is 1.86 bits per heavy atom. The molecule has 0 radical (unpaired) electrons. The fourth-order valence-corrected chi connectivity index (χ4v) is 3.57. The fourth-order valence-electron chi connectivity index (χ4n) is 3.57. The van der Waals surface area contributed by atoms with Crippen molar-refractivity contribution in [3.63, 3.8) is 0 Å². The zero-order valence-corrected chi connectivity index (χ0v) is 16.0. The van der Waals surface area contributed by atoms with Crippen LogP contribution in [0.1, 0.15) is 18.4 Å². The van der Waals surface area contributed by atoms with Crippen molar-refractivity contribution in [2.45, 2.75) is 19.8 Å². The van der Waals surface area contributed by atoms with Crippen LogP contribution in [0, 0.1) is 12.8 Å². The molecule has 3 aromatic rings. The third-order valence-electron chi connectivity index (χ3n) is 5.16. The van der Waals surface area contributed by atoms with Crippen molar-refractivity contribution in [1.29, 1.82) is 0 Å². The van der Waals surface area contributed by atoms with Crippen LogP contribution in [0.25, 0.3) is 11.3 Å². The number of benzene rings is 2. The SMILES string of the molecule is Cc1ccc(NC(=O)C2CCCN(c3cc(-c4ccccc4)ncn3)C2)cc1. The third kappa shape index (κ3) is 4.19. The molecule has 0 bridgehead atoms. The molecule has 1 fully saturated rings. The summed E-state index contributed by atoms with van der Waals surface area (Å²) in [5, 5.41) is 3.05. The summed E-state index contributed by atoms with van der Waals surface area (Å²) in [6, 6.07) is 20.0. The first-order valence-electron chi connectivity index (χ1n) is 9.69. The lowest BCUT2D eigenvalue weighted by atomic mass is 9.97. The number of hydrogen-bond donors (Lipinski definition) is 1. The first-order chi connectivity index (χ1) is 13.7. The van der Waals surface area contributed by atoms with E-state index in [0.717, 1.165) is 42.1 Å². The van der Waals surface area contributed by atoms with Gasteiger partial charge in [-0.05, 0) is 31.9 Å². The van der Waals surface area contributed by atoms with E-state index in [9.17, 15) is 4.79 Å². The monoisotopic (exact) mass is 372 g/mol. The predicted octanol–water partition coefficient (Wildman–Crippen LogP) is 4.31. The Balaban J connectivity index is 1.46. The number of carbonyl (C=O) groups excluding carboxylic acids is 1. The van der Waals surface area contributed by atoms with Crippen LogP contribution in [0.4, 0.5) is 11.5 Å². The standard InChI is InChI=1S/C23H24N4O/c1-17-9-11-20(12-10-17)26-23(28)19-8-5-13-27(15-19)22-14-21(24-16-25-22)18-6-3-2-4-7-18/h2-4,6-7,9-12,14,16,19H,5,8,13,15H2,1H3,(H,26,28). The van der Waals surface area contributed by atoms with Gasteiger partial charge in [-0.1, -0.05) is 48.0 Å². The van der Waals surface area contributed by atoms with Gasteiger partial charge in [0.2, 0.25) is 5.91 Å². The summed E-state index contributed by atoms with van der Waals surface area (Å²) >= 11 is 0. The summed E-state index contributed by atoms with van der Waals surface area (Å²) in [6.07, 6.45) is 3.47. The lowest BCUT2D eigenvalue weighted by Crippen LogP contribution is -2.41. The number of rotatable bonds is 4. The maximum absolute atomic E-state index is 12.7. The quantitative estimate of drug-likeness (QED) is 0.741. The zero-order chi connectivity index (χ0) is 19.3. The zero-order valence-electron chi connectivity index (χ0n) is 16.0. The van der Waals surface area contributed by atoms with Gasteiger partial charge in [-0.15, -0.1) is 0 Å². The van der Waals surface area contributed by atoms with Gasteiger partial charge in [-0.2, -0.15) is 0 Å². The van der Waals surface area contributed by atoms with Crippen LogP contribution in [-0.2, 0) is 4.79 Å². The van der Waals surface area contributed by atoms with Gasteiger partial charge < -0.3 is 10.2 Å². The van der Waals surface area contributed by atoms with Crippen LogP contribution in [0.5, 0.6) is 0 Å². The molecule has 1 atom stereocenters. The number of piperidine rings is 1. The van der Waals surface area contributed by atoms with Crippen molar-refractivity contribution in [3.8, 4) is 11.3 Å². The topological polar surface area (TPSA) is 58.1 Å². The minimum Gasteiger partial charge on any atom is -0.356 e. The molecule has 28 heavy (non-hydrogen) atoms. The van der Waals surface area contributed by atoms with E-state index < -0.39 is 0 Å². The van der Waals surface area contributed by atoms with Gasteiger partial charge >= 0.3 is 0 Å². The van der Waals surface area contributed by atoms with Crippen LogP contribution in [0.3, 0.4) is 0 Å². The van der Waals surface area contributed by atoms with Gasteiger partial charge in [0.1, 0.15) is 12.1 Å². The molecule has 4 rings (SSSR count). The van der Waals surface area contributed by atoms with Crippen molar-refractivity contribution in [2.24, 2.45) is 5.92 Å². The second-order valence-corrected chi connectivity index (χ2v) is 7.27. The Morgan fingerprint density at radius 3 is 2.64 bits per heavy atom. The summed E-state index contributed by atoms with van der Waals surface area (Å²) in [7, 11) is 0. The number of aromatic nitrogens is 2. The molecule has 2 aromatic carbocycles. The molecule has 1 aliphatic rings. The summed E-state index contributed by atoms with van der Waals surface area (Å²) in [5.74, 6) is 0.901. The van der Waals surface area contributed by atoms with E-state index in [1.54, 1.807) is 6.33 Å². The van der Waals surface area contributed by atoms with Crippen molar-refractivity contribution in [1.82, 2.24) is 9.97 Å². The number of hydrogen-bond acceptors (Lipinski definition) is 4. The Kier molecular flexibility index (Phi) is 5.33. The van der Waals surface area contributed by atoms with Crippen LogP contribution >= 0.6 is 0 Å². The van der Waals surface area contributed by atoms with Gasteiger partial charge in [0.25, 0.3) is 0 Å². The van der Waals surface area contributed by atoms with E-state index >= 15 is 0 Å². The molecule has 142 valence electrons. The minimum absolute atomic E-state index is 0.0507. The van der Waals surface area contributed by atoms with Crippen LogP contribution < -0.4 is 10.2 Å². The molecule has 1 aliphatic heterocycles. The number of anilines is 2. The molecule has 5 nitrogen and oxygen atoms in total. The van der Waals surface area contributed by atoms with E-state index in [1.807, 2.05) is 67.6 Å². The molecule has 1 N–H and O–H groups in total. The van der Waals surface area contributed by atoms with Gasteiger partial charge in [0.15, 0.2) is 0 Å². The predicted molar refractivity (Wildman–Crippen MR) is 112 cm³/mol. The van der Waals surface area contributed by atoms with Crippen molar-refractivity contribution < 1.29 is 4.79 Å². The Morgan fingerprint density at radius 1 is 1.07 bits per heavy atom. The lowest BCUT2D eigenvalue weighted by molar-refractivity contribution is -0.120. The highest BCUT2D eigenvalue weighted by Gasteiger charge is 2.26. The summed E-state index contributed by atoms with van der Waals surface area (Å²) in [6.45, 7) is 3.61. The maximum atomic E-state index is 12.7. The van der Waals surface area contributed by atoms with Crippen LogP contribution in [0.15, 0.2) is 67.0 Å². The molecule has 0 spiro atoms. The number of amides is 1. The summed E-state index contributed by atoms with van der Waals surface area (Å²) < 4.78 is 0. The smallest absolute Gasteiger partial charge is 0.229 e. The van der Waals surface area contributed by atoms with Crippen molar-refractivity contribution in [2.75, 3.05) is 23.3 Å². The highest BCUT2D eigenvalue weighted by molar-refractivity contribution is 5.93. The van der Waals surface area contributed by atoms with Crippen LogP contribution in [-0.4, -0.2) is 29.0 Å². The van der Waals surface area contributed by atoms with E-state index in [2.05, 4.69) is 20.2 Å². The molecular formula is C23H24N4O. The molecule has 1 amide bonds. The minimum atomic E-state index is -0.0507. The summed E-state index contributed by atoms with van der Waals surface area (Å²) in [5.41, 5.74) is 3.99. The second-order valence-electron chi connectivity index (χ2n) is 7.27. The Bertz CT molecular complexity index is 940. The highest BCUT2D eigenvalue weighted by Crippen LogP contribution is 2.25. The summed E-state index contributed by atoms with van der Waals surface area (Å²) in [4.78, 5) is 23.8. The van der Waals surface area contributed by atoms with Gasteiger partial charge in [-0.25, -0.2) is 9.97 Å². The molecular weight excluding hydrogens is 348 g/mol. The van der Waals surface area contributed by atoms with E-state index in [0.29, 0.717) is 6.54 Å². The van der Waals surface area contributed by atoms with Crippen molar-refractivity contribution >= 4 is 17.4 Å². The van der Waals surface area contributed by atoms with Crippen molar-refractivity contribution in [3.05, 3.63) is 72.6 Å². The molecule has 2 heterocycles. The maximum Gasteiger partial charge on any atom is 0.229 e. The molecule has 0 aliphatic carbocycles. The highest BCUT2D eigenvalue weighted by atomic mass is 16.1. The Labute approximate surface area is 165 Å². The van der Waals surface area contributed by atoms with E-state index in [1.165, 1.54) is 5.56 Å². The first kappa shape index (κ1) is 18.2. The molecule has 1 saturated heterocycles. The molecule has 1 unspecified atom stereocenters. The Hall–Kier alpha value is -3.21. The number of aryl methyl sites for hydroxylation is 1. The van der Waals surface area contributed by atoms with Gasteiger partial charge in [0, 0.05) is 30.4 Å². The molecule has 1 aromatic heterocycles. The normalized spacial score (nSPS) is 16.6. The third-order valence-corrected chi connectivity index (χ3v) is 5.16. The second kappa shape index (κ2) is 8.21. The average Bonchev–Trinajstić information content (AvgIpc) is 2.76. The number of nitrogens with zero attached hydrogens (tertiary/aromatic N) is 3. The van der Waals surface area contributed by atoms with E-state index in [-0.39, 0.29) is 11.8 Å². The average molecular weight is 372 g/mol. The molecule has 5 heteroatoms. The van der Waals surface area contributed by atoms with Gasteiger partial charge in [-0.3, -0.25) is 4.79 Å². The van der Waals surface area contributed by atoms with Gasteiger partial charge in [0.05, 0.1) is 11.6 Å². The number of nitrogens with one attached hydrogen (secondary N) is 1. The number of carbonyl (C=O) groups is 1. The van der Waals surface area contributed by atoms with Crippen LogP contribution in [0.2, 0.25) is 0 Å². The first-order valence-corrected chi connectivity index (χ1v) is 9.69. The molecule has 0 saturated carbocycles. The largest absolute Gasteiger partial charge is 0.356 e.